The van der Waals surface area contributed by atoms with Crippen molar-refractivity contribution in [2.75, 3.05) is 20.7 Å². The molecule has 0 amide bonds. The number of rotatable bonds is 2. The highest BCUT2D eigenvalue weighted by Crippen LogP contribution is 2.37. The molecular formula is C8H16NO2+. The number of methoxy groups -OCH3 is 1. The van der Waals surface area contributed by atoms with Crippen LogP contribution in [0.2, 0.25) is 0 Å². The van der Waals surface area contributed by atoms with Gasteiger partial charge >= 0.3 is 5.97 Å². The van der Waals surface area contributed by atoms with E-state index in [1.165, 1.54) is 7.11 Å². The van der Waals surface area contributed by atoms with E-state index < -0.39 is 0 Å². The van der Waals surface area contributed by atoms with E-state index in [2.05, 4.69) is 25.6 Å². The molecule has 3 heteroatoms. The molecule has 1 rings (SSSR count). The Labute approximate surface area is 67.5 Å². The number of hydrogen-bond donors (Lipinski definition) is 0. The van der Waals surface area contributed by atoms with Crippen LogP contribution in [-0.4, -0.2) is 43.2 Å². The van der Waals surface area contributed by atoms with E-state index in [1.807, 2.05) is 0 Å². The van der Waals surface area contributed by atoms with Crippen molar-refractivity contribution >= 4 is 5.97 Å². The highest BCUT2D eigenvalue weighted by Gasteiger charge is 2.64. The summed E-state index contributed by atoms with van der Waals surface area (Å²) >= 11 is 0. The second-order valence-electron chi connectivity index (χ2n) is 3.37. The topological polar surface area (TPSA) is 26.3 Å². The fourth-order valence-corrected chi connectivity index (χ4v) is 1.74. The molecule has 3 nitrogen and oxygen atoms in total. The number of hydrogen-bond acceptors (Lipinski definition) is 2. The largest absolute Gasteiger partial charge is 0.464 e. The van der Waals surface area contributed by atoms with Gasteiger partial charge in [-0.25, -0.2) is 4.79 Å². The van der Waals surface area contributed by atoms with Gasteiger partial charge < -0.3 is 9.22 Å². The van der Waals surface area contributed by atoms with Gasteiger partial charge in [-0.15, -0.1) is 0 Å². The molecule has 1 saturated heterocycles. The first-order valence-corrected chi connectivity index (χ1v) is 4.00. The molecule has 1 heterocycles. The molecule has 0 aromatic carbocycles. The molecule has 0 spiro atoms. The van der Waals surface area contributed by atoms with Crippen LogP contribution < -0.4 is 0 Å². The number of nitrogens with zero attached hydrogens (tertiary/aromatic N) is 1. The maximum atomic E-state index is 11.1. The van der Waals surface area contributed by atoms with Gasteiger partial charge in [0.15, 0.2) is 6.04 Å². The fraction of sp³-hybridized carbons (Fsp3) is 0.875. The average molecular weight is 158 g/mol. The third-order valence-corrected chi connectivity index (χ3v) is 3.06. The summed E-state index contributed by atoms with van der Waals surface area (Å²) in [7, 11) is 3.54. The second-order valence-corrected chi connectivity index (χ2v) is 3.37. The Balaban J connectivity index is 2.60. The van der Waals surface area contributed by atoms with Gasteiger partial charge in [0.2, 0.25) is 6.04 Å². The van der Waals surface area contributed by atoms with Crippen LogP contribution in [0, 0.1) is 0 Å². The molecule has 0 saturated carbocycles. The van der Waals surface area contributed by atoms with E-state index in [1.54, 1.807) is 0 Å². The number of likely N-dealkylation sites (N-methyl/N-ethyl adjacent to an activating group) is 1. The first-order chi connectivity index (χ1) is 5.07. The Kier molecular flexibility index (Phi) is 1.92. The third kappa shape index (κ3) is 1.03. The van der Waals surface area contributed by atoms with Gasteiger partial charge in [-0.1, -0.05) is 0 Å². The zero-order valence-electron chi connectivity index (χ0n) is 7.63. The molecule has 0 unspecified atom stereocenters. The van der Waals surface area contributed by atoms with E-state index >= 15 is 0 Å². The molecule has 0 aromatic heterocycles. The summed E-state index contributed by atoms with van der Waals surface area (Å²) in [5.41, 5.74) is 0. The maximum Gasteiger partial charge on any atom is 0.371 e. The van der Waals surface area contributed by atoms with Gasteiger partial charge in [0, 0.05) is 0 Å². The molecule has 64 valence electrons. The monoisotopic (exact) mass is 158 g/mol. The lowest BCUT2D eigenvalue weighted by molar-refractivity contribution is -0.797. The summed E-state index contributed by atoms with van der Waals surface area (Å²) < 4.78 is 5.53. The maximum absolute atomic E-state index is 11.1. The van der Waals surface area contributed by atoms with Crippen LogP contribution in [0.25, 0.3) is 0 Å². The standard InChI is InChI=1S/C8H16NO2/c1-5-9(3)6(2)7(9)8(10)11-4/h6-7H,5H2,1-4H3/q+1/t6-,7+,9-/m0/s1. The van der Waals surface area contributed by atoms with E-state index in [-0.39, 0.29) is 12.0 Å². The molecule has 1 fully saturated rings. The smallest absolute Gasteiger partial charge is 0.371 e. The van der Waals surface area contributed by atoms with Crippen molar-refractivity contribution in [2.24, 2.45) is 0 Å². The molecular weight excluding hydrogens is 142 g/mol. The van der Waals surface area contributed by atoms with Crippen LogP contribution in [0.3, 0.4) is 0 Å². The second kappa shape index (κ2) is 2.48. The van der Waals surface area contributed by atoms with E-state index in [0.717, 1.165) is 11.0 Å². The first kappa shape index (κ1) is 8.53. The van der Waals surface area contributed by atoms with Gasteiger partial charge in [-0.3, -0.25) is 0 Å². The Morgan fingerprint density at radius 1 is 1.64 bits per heavy atom. The number of carbonyl (C=O) groups excluding carboxylic acids is 1. The summed E-state index contributed by atoms with van der Waals surface area (Å²) in [6.45, 7) is 5.19. The summed E-state index contributed by atoms with van der Waals surface area (Å²) in [4.78, 5) is 11.1. The Hall–Kier alpha value is -0.570. The number of quaternary nitrogens is 1. The van der Waals surface area contributed by atoms with Gasteiger partial charge in [-0.2, -0.15) is 0 Å². The summed E-state index contributed by atoms with van der Waals surface area (Å²) in [5, 5.41) is 0. The summed E-state index contributed by atoms with van der Waals surface area (Å²) in [6, 6.07) is 0.525. The predicted molar refractivity (Wildman–Crippen MR) is 42.0 cm³/mol. The van der Waals surface area contributed by atoms with Crippen molar-refractivity contribution in [1.82, 2.24) is 0 Å². The molecule has 0 N–H and O–H groups in total. The van der Waals surface area contributed by atoms with E-state index in [4.69, 9.17) is 0 Å². The van der Waals surface area contributed by atoms with E-state index in [0.29, 0.717) is 6.04 Å². The van der Waals surface area contributed by atoms with Gasteiger partial charge in [-0.05, 0) is 13.8 Å². The van der Waals surface area contributed by atoms with Gasteiger partial charge in [0.05, 0.1) is 20.7 Å². The number of carbonyl (C=O) groups is 1. The van der Waals surface area contributed by atoms with Crippen LogP contribution in [-0.2, 0) is 9.53 Å². The quantitative estimate of drug-likeness (QED) is 0.330. The van der Waals surface area contributed by atoms with Gasteiger partial charge in [0.25, 0.3) is 0 Å². The highest BCUT2D eigenvalue weighted by atomic mass is 16.5. The van der Waals surface area contributed by atoms with Crippen LogP contribution in [0.15, 0.2) is 0 Å². The third-order valence-electron chi connectivity index (χ3n) is 3.06. The Bertz CT molecular complexity index is 181. The van der Waals surface area contributed by atoms with Crippen molar-refractivity contribution in [3.63, 3.8) is 0 Å². The average Bonchev–Trinajstić information content (AvgIpc) is 2.55. The molecule has 0 bridgehead atoms. The van der Waals surface area contributed by atoms with Crippen molar-refractivity contribution in [3.05, 3.63) is 0 Å². The zero-order valence-corrected chi connectivity index (χ0v) is 7.63. The van der Waals surface area contributed by atoms with Crippen LogP contribution in [0.5, 0.6) is 0 Å². The lowest BCUT2D eigenvalue weighted by Crippen LogP contribution is -2.28. The van der Waals surface area contributed by atoms with Crippen molar-refractivity contribution < 1.29 is 14.0 Å². The molecule has 0 aliphatic carbocycles. The van der Waals surface area contributed by atoms with Gasteiger partial charge in [0.1, 0.15) is 0 Å². The minimum absolute atomic E-state index is 0.0677. The zero-order chi connectivity index (χ0) is 8.65. The molecule has 3 atom stereocenters. The lowest BCUT2D eigenvalue weighted by atomic mass is 10.3. The first-order valence-electron chi connectivity index (χ1n) is 4.00. The Morgan fingerprint density at radius 2 is 2.18 bits per heavy atom. The fourth-order valence-electron chi connectivity index (χ4n) is 1.74. The van der Waals surface area contributed by atoms with Crippen LogP contribution in [0.1, 0.15) is 13.8 Å². The normalized spacial score (nSPS) is 41.8. The highest BCUT2D eigenvalue weighted by molar-refractivity contribution is 5.77. The van der Waals surface area contributed by atoms with Crippen molar-refractivity contribution in [1.29, 1.82) is 0 Å². The van der Waals surface area contributed by atoms with Crippen molar-refractivity contribution in [3.8, 4) is 0 Å². The minimum atomic E-state index is -0.0677. The summed E-state index contributed by atoms with van der Waals surface area (Å²) in [6.07, 6.45) is 0. The molecule has 0 radical (unpaired) electrons. The number of ether oxygens (including phenoxy) is 1. The molecule has 0 aromatic rings. The lowest BCUT2D eigenvalue weighted by Gasteiger charge is -2.10. The van der Waals surface area contributed by atoms with Crippen molar-refractivity contribution in [2.45, 2.75) is 25.9 Å². The molecule has 1 aliphatic rings. The SMILES string of the molecule is CC[N@@+]1(C)[C@@H](C)[C@@H]1C(=O)OC. The van der Waals surface area contributed by atoms with Crippen LogP contribution >= 0.6 is 0 Å². The Morgan fingerprint density at radius 3 is 2.45 bits per heavy atom. The molecule has 1 aliphatic heterocycles. The molecule has 11 heavy (non-hydrogen) atoms. The number of esters is 1. The van der Waals surface area contributed by atoms with Crippen LogP contribution in [0.4, 0.5) is 0 Å². The minimum Gasteiger partial charge on any atom is -0.464 e. The van der Waals surface area contributed by atoms with E-state index in [9.17, 15) is 4.79 Å². The summed E-state index contributed by atoms with van der Waals surface area (Å²) in [5.74, 6) is -0.0677. The predicted octanol–water partition coefficient (Wildman–Crippen LogP) is 0.397.